The molecule has 2 rings (SSSR count). The Labute approximate surface area is 76.8 Å². The van der Waals surface area contributed by atoms with Gasteiger partial charge in [0.25, 0.3) is 0 Å². The van der Waals surface area contributed by atoms with E-state index in [2.05, 4.69) is 0 Å². The van der Waals surface area contributed by atoms with Crippen molar-refractivity contribution in [3.63, 3.8) is 0 Å². The number of Topliss-reactive ketones (excluding diaryl/α,β-unsaturated/α-hetero) is 1. The molecular weight excluding hydrogens is 168 g/mol. The summed E-state index contributed by atoms with van der Waals surface area (Å²) in [6.45, 7) is 1.87. The SMILES string of the molecule is C[C@@]1([C@@H]2CCC(=O)C2)C=CC(=O)O1. The monoisotopic (exact) mass is 180 g/mol. The lowest BCUT2D eigenvalue weighted by Crippen LogP contribution is -2.32. The molecule has 70 valence electrons. The van der Waals surface area contributed by atoms with Gasteiger partial charge in [0.05, 0.1) is 0 Å². The Hall–Kier alpha value is -1.12. The van der Waals surface area contributed by atoms with Crippen LogP contribution in [-0.4, -0.2) is 17.4 Å². The summed E-state index contributed by atoms with van der Waals surface area (Å²) < 4.78 is 5.18. The minimum Gasteiger partial charge on any atom is -0.452 e. The van der Waals surface area contributed by atoms with E-state index in [1.54, 1.807) is 6.08 Å². The van der Waals surface area contributed by atoms with Crippen LogP contribution in [0, 0.1) is 5.92 Å². The average molecular weight is 180 g/mol. The first-order valence-electron chi connectivity index (χ1n) is 4.54. The quantitative estimate of drug-likeness (QED) is 0.570. The van der Waals surface area contributed by atoms with E-state index >= 15 is 0 Å². The summed E-state index contributed by atoms with van der Waals surface area (Å²) in [5, 5.41) is 0. The Morgan fingerprint density at radius 2 is 2.31 bits per heavy atom. The van der Waals surface area contributed by atoms with E-state index in [0.717, 1.165) is 6.42 Å². The fourth-order valence-corrected chi connectivity index (χ4v) is 2.04. The van der Waals surface area contributed by atoms with Crippen LogP contribution in [0.5, 0.6) is 0 Å². The third-order valence-corrected chi connectivity index (χ3v) is 2.93. The Kier molecular flexibility index (Phi) is 1.75. The first-order valence-corrected chi connectivity index (χ1v) is 4.54. The van der Waals surface area contributed by atoms with E-state index < -0.39 is 5.60 Å². The number of hydrogen-bond donors (Lipinski definition) is 0. The third-order valence-electron chi connectivity index (χ3n) is 2.93. The highest BCUT2D eigenvalue weighted by atomic mass is 16.6. The van der Waals surface area contributed by atoms with Crippen LogP contribution in [0.15, 0.2) is 12.2 Å². The summed E-state index contributed by atoms with van der Waals surface area (Å²) in [6, 6.07) is 0. The van der Waals surface area contributed by atoms with E-state index in [1.165, 1.54) is 6.08 Å². The lowest BCUT2D eigenvalue weighted by Gasteiger charge is -2.27. The van der Waals surface area contributed by atoms with E-state index in [4.69, 9.17) is 4.74 Å². The molecule has 0 bridgehead atoms. The smallest absolute Gasteiger partial charge is 0.331 e. The Morgan fingerprint density at radius 1 is 1.54 bits per heavy atom. The standard InChI is InChI=1S/C10H12O3/c1-10(5-4-9(12)13-10)7-2-3-8(11)6-7/h4-5,7H,2-3,6H2,1H3/t7-,10+/m1/s1. The normalized spacial score (nSPS) is 38.4. The van der Waals surface area contributed by atoms with Crippen molar-refractivity contribution in [3.05, 3.63) is 12.2 Å². The number of hydrogen-bond acceptors (Lipinski definition) is 3. The highest BCUT2D eigenvalue weighted by Crippen LogP contribution is 2.37. The average Bonchev–Trinajstić information content (AvgIpc) is 2.60. The van der Waals surface area contributed by atoms with Crippen LogP contribution >= 0.6 is 0 Å². The maximum absolute atomic E-state index is 11.1. The number of esters is 1. The number of carbonyl (C=O) groups is 2. The molecule has 2 atom stereocenters. The minimum atomic E-state index is -0.525. The maximum atomic E-state index is 11.1. The number of ether oxygens (including phenoxy) is 1. The summed E-state index contributed by atoms with van der Waals surface area (Å²) in [7, 11) is 0. The van der Waals surface area contributed by atoms with Gasteiger partial charge in [0.1, 0.15) is 11.4 Å². The predicted molar refractivity (Wildman–Crippen MR) is 46.0 cm³/mol. The van der Waals surface area contributed by atoms with Crippen LogP contribution in [0.4, 0.5) is 0 Å². The van der Waals surface area contributed by atoms with Gasteiger partial charge in [-0.1, -0.05) is 0 Å². The summed E-state index contributed by atoms with van der Waals surface area (Å²) in [5.74, 6) is 0.173. The molecule has 0 aromatic heterocycles. The zero-order valence-corrected chi connectivity index (χ0v) is 7.58. The summed E-state index contributed by atoms with van der Waals surface area (Å²) in [5.41, 5.74) is -0.525. The molecule has 1 fully saturated rings. The molecule has 13 heavy (non-hydrogen) atoms. The van der Waals surface area contributed by atoms with E-state index in [1.807, 2.05) is 6.92 Å². The molecular formula is C10H12O3. The van der Waals surface area contributed by atoms with Crippen molar-refractivity contribution in [1.82, 2.24) is 0 Å². The van der Waals surface area contributed by atoms with Crippen molar-refractivity contribution in [3.8, 4) is 0 Å². The van der Waals surface area contributed by atoms with Crippen molar-refractivity contribution in [1.29, 1.82) is 0 Å². The molecule has 0 aromatic carbocycles. The van der Waals surface area contributed by atoms with Gasteiger partial charge in [0.15, 0.2) is 0 Å². The van der Waals surface area contributed by atoms with Crippen LogP contribution in [-0.2, 0) is 14.3 Å². The van der Waals surface area contributed by atoms with E-state index in [0.29, 0.717) is 12.8 Å². The van der Waals surface area contributed by atoms with Crippen LogP contribution < -0.4 is 0 Å². The highest BCUT2D eigenvalue weighted by molar-refractivity contribution is 5.86. The van der Waals surface area contributed by atoms with Crippen LogP contribution in [0.1, 0.15) is 26.2 Å². The highest BCUT2D eigenvalue weighted by Gasteiger charge is 2.42. The van der Waals surface area contributed by atoms with Crippen molar-refractivity contribution >= 4 is 11.8 Å². The van der Waals surface area contributed by atoms with Gasteiger partial charge in [0.2, 0.25) is 0 Å². The molecule has 3 heteroatoms. The van der Waals surface area contributed by atoms with Gasteiger partial charge in [0, 0.05) is 24.8 Å². The number of rotatable bonds is 1. The second-order valence-electron chi connectivity index (χ2n) is 3.92. The van der Waals surface area contributed by atoms with Gasteiger partial charge in [-0.2, -0.15) is 0 Å². The molecule has 1 saturated carbocycles. The van der Waals surface area contributed by atoms with Gasteiger partial charge in [-0.15, -0.1) is 0 Å². The second kappa shape index (κ2) is 2.69. The minimum absolute atomic E-state index is 0.183. The van der Waals surface area contributed by atoms with Crippen molar-refractivity contribution in [2.45, 2.75) is 31.8 Å². The first kappa shape index (κ1) is 8.48. The second-order valence-corrected chi connectivity index (χ2v) is 3.92. The van der Waals surface area contributed by atoms with Crippen molar-refractivity contribution in [2.75, 3.05) is 0 Å². The summed E-state index contributed by atoms with van der Waals surface area (Å²) >= 11 is 0. The maximum Gasteiger partial charge on any atom is 0.331 e. The lowest BCUT2D eigenvalue weighted by atomic mass is 9.88. The summed E-state index contributed by atoms with van der Waals surface area (Å²) in [4.78, 5) is 22.0. The Bertz CT molecular complexity index is 293. The molecule has 1 heterocycles. The van der Waals surface area contributed by atoms with Crippen LogP contribution in [0.2, 0.25) is 0 Å². The van der Waals surface area contributed by atoms with Gasteiger partial charge < -0.3 is 4.74 Å². The number of carbonyl (C=O) groups excluding carboxylic acids is 2. The van der Waals surface area contributed by atoms with Crippen LogP contribution in [0.3, 0.4) is 0 Å². The van der Waals surface area contributed by atoms with Crippen molar-refractivity contribution < 1.29 is 14.3 Å². The fourth-order valence-electron chi connectivity index (χ4n) is 2.04. The zero-order chi connectivity index (χ0) is 9.47. The van der Waals surface area contributed by atoms with Gasteiger partial charge in [-0.3, -0.25) is 4.79 Å². The number of ketones is 1. The molecule has 2 aliphatic rings. The molecule has 0 N–H and O–H groups in total. The molecule has 0 amide bonds. The molecule has 3 nitrogen and oxygen atoms in total. The zero-order valence-electron chi connectivity index (χ0n) is 7.58. The molecule has 0 radical (unpaired) electrons. The molecule has 0 aromatic rings. The van der Waals surface area contributed by atoms with Gasteiger partial charge in [-0.25, -0.2) is 4.79 Å². The molecule has 1 aliphatic carbocycles. The lowest BCUT2D eigenvalue weighted by molar-refractivity contribution is -0.148. The van der Waals surface area contributed by atoms with Crippen molar-refractivity contribution in [2.24, 2.45) is 5.92 Å². The molecule has 1 aliphatic heterocycles. The Morgan fingerprint density at radius 3 is 2.77 bits per heavy atom. The first-order chi connectivity index (χ1) is 6.10. The molecule has 0 saturated heterocycles. The topological polar surface area (TPSA) is 43.4 Å². The molecule has 0 unspecified atom stereocenters. The van der Waals surface area contributed by atoms with Gasteiger partial charge in [-0.05, 0) is 19.4 Å². The number of cyclic esters (lactones) is 1. The predicted octanol–water partition coefficient (Wildman–Crippen LogP) is 1.23. The van der Waals surface area contributed by atoms with Gasteiger partial charge >= 0.3 is 5.97 Å². The Balaban J connectivity index is 2.12. The largest absolute Gasteiger partial charge is 0.452 e. The summed E-state index contributed by atoms with van der Waals surface area (Å²) in [6.07, 6.45) is 5.24. The van der Waals surface area contributed by atoms with Crippen LogP contribution in [0.25, 0.3) is 0 Å². The van der Waals surface area contributed by atoms with E-state index in [9.17, 15) is 9.59 Å². The third kappa shape index (κ3) is 1.39. The van der Waals surface area contributed by atoms with E-state index in [-0.39, 0.29) is 17.7 Å². The fraction of sp³-hybridized carbons (Fsp3) is 0.600. The molecule has 0 spiro atoms.